The minimum Gasteiger partial charge on any atom is -0.504 e. The van der Waals surface area contributed by atoms with Crippen LogP contribution in [0.3, 0.4) is 0 Å². The molecule has 0 saturated heterocycles. The maximum absolute atomic E-state index is 10.7. The van der Waals surface area contributed by atoms with E-state index in [4.69, 9.17) is 0 Å². The van der Waals surface area contributed by atoms with Crippen LogP contribution in [0.15, 0.2) is 42.6 Å². The molecule has 0 radical (unpaired) electrons. The van der Waals surface area contributed by atoms with Crippen molar-refractivity contribution >= 4 is 5.69 Å². The normalized spacial score (nSPS) is 10.6. The predicted octanol–water partition coefficient (Wildman–Crippen LogP) is 2.77. The lowest BCUT2D eigenvalue weighted by Gasteiger charge is -2.08. The Labute approximate surface area is 129 Å². The maximum Gasteiger partial charge on any atom is 0.269 e. The lowest BCUT2D eigenvalue weighted by atomic mass is 10.0. The van der Waals surface area contributed by atoms with Crippen LogP contribution in [-0.2, 0) is 0 Å². The van der Waals surface area contributed by atoms with Gasteiger partial charge >= 0.3 is 0 Å². The van der Waals surface area contributed by atoms with Gasteiger partial charge in [-0.05, 0) is 29.8 Å². The molecule has 4 N–H and O–H groups in total. The van der Waals surface area contributed by atoms with E-state index in [1.54, 1.807) is 12.1 Å². The zero-order chi connectivity index (χ0) is 16.6. The van der Waals surface area contributed by atoms with Crippen LogP contribution >= 0.6 is 0 Å². The summed E-state index contributed by atoms with van der Waals surface area (Å²) in [6.07, 6.45) is 1.50. The highest BCUT2D eigenvalue weighted by atomic mass is 16.6. The first-order valence-electron chi connectivity index (χ1n) is 6.51. The molecule has 23 heavy (non-hydrogen) atoms. The number of hydrogen-bond donors (Lipinski definition) is 4. The molecule has 8 nitrogen and oxygen atoms in total. The van der Waals surface area contributed by atoms with E-state index in [9.17, 15) is 25.4 Å². The first kappa shape index (κ1) is 14.4. The third kappa shape index (κ3) is 2.42. The van der Waals surface area contributed by atoms with E-state index >= 15 is 0 Å². The van der Waals surface area contributed by atoms with E-state index in [1.807, 2.05) is 0 Å². The Morgan fingerprint density at radius 3 is 2.30 bits per heavy atom. The van der Waals surface area contributed by atoms with Crippen molar-refractivity contribution in [1.82, 2.24) is 10.2 Å². The quantitative estimate of drug-likeness (QED) is 0.334. The monoisotopic (exact) mass is 313 g/mol. The molecule has 116 valence electrons. The molecule has 0 atom stereocenters. The molecule has 1 aromatic heterocycles. The molecule has 3 rings (SSSR count). The number of aromatic amines is 1. The van der Waals surface area contributed by atoms with Gasteiger partial charge in [0.2, 0.25) is 5.75 Å². The SMILES string of the molecule is O=[N+]([O-])c1ccc(-c2cn[nH]c2-c2ccc(O)c(O)c2O)cc1. The number of nitro benzene ring substituents is 1. The van der Waals surface area contributed by atoms with Gasteiger partial charge in [0.15, 0.2) is 11.5 Å². The fourth-order valence-corrected chi connectivity index (χ4v) is 2.24. The second-order valence-corrected chi connectivity index (χ2v) is 4.79. The number of aromatic hydroxyl groups is 3. The largest absolute Gasteiger partial charge is 0.504 e. The van der Waals surface area contributed by atoms with Crippen molar-refractivity contribution < 1.29 is 20.2 Å². The summed E-state index contributed by atoms with van der Waals surface area (Å²) in [7, 11) is 0. The van der Waals surface area contributed by atoms with Crippen LogP contribution in [0, 0.1) is 10.1 Å². The van der Waals surface area contributed by atoms with Gasteiger partial charge < -0.3 is 15.3 Å². The fraction of sp³-hybridized carbons (Fsp3) is 0. The average Bonchev–Trinajstić information content (AvgIpc) is 3.02. The van der Waals surface area contributed by atoms with Crippen molar-refractivity contribution in [2.24, 2.45) is 0 Å². The minimum absolute atomic E-state index is 0.0380. The number of phenols is 3. The molecule has 0 aliphatic rings. The van der Waals surface area contributed by atoms with Crippen LogP contribution in [-0.4, -0.2) is 30.4 Å². The van der Waals surface area contributed by atoms with E-state index in [0.717, 1.165) is 0 Å². The van der Waals surface area contributed by atoms with Crippen molar-refractivity contribution in [2.75, 3.05) is 0 Å². The van der Waals surface area contributed by atoms with Crippen molar-refractivity contribution in [2.45, 2.75) is 0 Å². The molecule has 0 fully saturated rings. The number of hydrogen-bond acceptors (Lipinski definition) is 6. The van der Waals surface area contributed by atoms with Gasteiger partial charge in [-0.25, -0.2) is 0 Å². The van der Waals surface area contributed by atoms with Gasteiger partial charge in [0.05, 0.1) is 16.8 Å². The van der Waals surface area contributed by atoms with Gasteiger partial charge in [0, 0.05) is 23.3 Å². The molecule has 0 bridgehead atoms. The van der Waals surface area contributed by atoms with Gasteiger partial charge in [-0.2, -0.15) is 5.10 Å². The third-order valence-electron chi connectivity index (χ3n) is 3.43. The number of phenolic OH excluding ortho intramolecular Hbond substituents is 3. The highest BCUT2D eigenvalue weighted by Gasteiger charge is 2.18. The molecule has 2 aromatic carbocycles. The van der Waals surface area contributed by atoms with Gasteiger partial charge in [0.25, 0.3) is 5.69 Å². The number of nitro groups is 1. The summed E-state index contributed by atoms with van der Waals surface area (Å²) in [5.41, 5.74) is 1.84. The highest BCUT2D eigenvalue weighted by molar-refractivity contribution is 5.85. The summed E-state index contributed by atoms with van der Waals surface area (Å²) in [5, 5.41) is 46.3. The summed E-state index contributed by atoms with van der Waals surface area (Å²) >= 11 is 0. The van der Waals surface area contributed by atoms with Crippen LogP contribution in [0.2, 0.25) is 0 Å². The Bertz CT molecular complexity index is 887. The second-order valence-electron chi connectivity index (χ2n) is 4.79. The van der Waals surface area contributed by atoms with E-state index in [2.05, 4.69) is 10.2 Å². The Hall–Kier alpha value is -3.55. The van der Waals surface area contributed by atoms with Crippen molar-refractivity contribution in [3.63, 3.8) is 0 Å². The first-order valence-corrected chi connectivity index (χ1v) is 6.51. The van der Waals surface area contributed by atoms with Gasteiger partial charge in [-0.3, -0.25) is 15.2 Å². The molecule has 0 amide bonds. The summed E-state index contributed by atoms with van der Waals surface area (Å²) in [6, 6.07) is 8.51. The third-order valence-corrected chi connectivity index (χ3v) is 3.43. The van der Waals surface area contributed by atoms with E-state index in [0.29, 0.717) is 16.8 Å². The number of aromatic nitrogens is 2. The van der Waals surface area contributed by atoms with Crippen molar-refractivity contribution in [3.8, 4) is 39.6 Å². The number of benzene rings is 2. The van der Waals surface area contributed by atoms with Crippen LogP contribution in [0.4, 0.5) is 5.69 Å². The van der Waals surface area contributed by atoms with E-state index < -0.39 is 22.2 Å². The van der Waals surface area contributed by atoms with Crippen molar-refractivity contribution in [3.05, 3.63) is 52.7 Å². The summed E-state index contributed by atoms with van der Waals surface area (Å²) < 4.78 is 0. The molecule has 1 heterocycles. The molecular weight excluding hydrogens is 302 g/mol. The lowest BCUT2D eigenvalue weighted by Crippen LogP contribution is -1.88. The molecular formula is C15H11N3O5. The maximum atomic E-state index is 10.7. The first-order chi connectivity index (χ1) is 11.0. The number of nitrogens with zero attached hydrogens (tertiary/aromatic N) is 2. The van der Waals surface area contributed by atoms with Gasteiger partial charge in [-0.1, -0.05) is 0 Å². The minimum atomic E-state index is -0.633. The number of nitrogens with one attached hydrogen (secondary N) is 1. The Morgan fingerprint density at radius 2 is 1.65 bits per heavy atom. The zero-order valence-corrected chi connectivity index (χ0v) is 11.6. The molecule has 3 aromatic rings. The van der Waals surface area contributed by atoms with Gasteiger partial charge in [-0.15, -0.1) is 0 Å². The van der Waals surface area contributed by atoms with Crippen molar-refractivity contribution in [1.29, 1.82) is 0 Å². The average molecular weight is 313 g/mol. The number of H-pyrrole nitrogens is 1. The second kappa shape index (κ2) is 5.34. The topological polar surface area (TPSA) is 133 Å². The lowest BCUT2D eigenvalue weighted by molar-refractivity contribution is -0.384. The molecule has 0 saturated carbocycles. The molecule has 0 unspecified atom stereocenters. The van der Waals surface area contributed by atoms with Crippen LogP contribution in [0.25, 0.3) is 22.4 Å². The Balaban J connectivity index is 2.10. The Kier molecular flexibility index (Phi) is 3.34. The number of rotatable bonds is 3. The Morgan fingerprint density at radius 1 is 0.957 bits per heavy atom. The zero-order valence-electron chi connectivity index (χ0n) is 11.6. The van der Waals surface area contributed by atoms with E-state index in [1.165, 1.54) is 30.5 Å². The summed E-state index contributed by atoms with van der Waals surface area (Å²) in [4.78, 5) is 10.2. The summed E-state index contributed by atoms with van der Waals surface area (Å²) in [5.74, 6) is -1.56. The molecule has 0 aliphatic heterocycles. The molecule has 8 heteroatoms. The molecule has 0 spiro atoms. The summed E-state index contributed by atoms with van der Waals surface area (Å²) in [6.45, 7) is 0. The highest BCUT2D eigenvalue weighted by Crippen LogP contribution is 2.44. The van der Waals surface area contributed by atoms with E-state index in [-0.39, 0.29) is 11.3 Å². The van der Waals surface area contributed by atoms with Crippen LogP contribution in [0.1, 0.15) is 0 Å². The fourth-order valence-electron chi connectivity index (χ4n) is 2.24. The molecule has 0 aliphatic carbocycles. The predicted molar refractivity (Wildman–Crippen MR) is 81.1 cm³/mol. The standard InChI is InChI=1S/C15H11N3O5/c19-12-6-5-10(14(20)15(12)21)13-11(7-16-17-13)8-1-3-9(4-2-8)18(22)23/h1-7,19-21H,(H,16,17). The van der Waals surface area contributed by atoms with Crippen LogP contribution in [0.5, 0.6) is 17.2 Å². The van der Waals surface area contributed by atoms with Crippen LogP contribution < -0.4 is 0 Å². The smallest absolute Gasteiger partial charge is 0.269 e. The van der Waals surface area contributed by atoms with Gasteiger partial charge in [0.1, 0.15) is 0 Å². The number of non-ortho nitro benzene ring substituents is 1.